The summed E-state index contributed by atoms with van der Waals surface area (Å²) in [5.74, 6) is -0.423. The molecule has 0 saturated heterocycles. The molecule has 1 unspecified atom stereocenters. The lowest BCUT2D eigenvalue weighted by Gasteiger charge is -2.14. The predicted octanol–water partition coefficient (Wildman–Crippen LogP) is 4.04. The number of benzodiazepines with no additional fused rings is 1. The molecule has 150 valence electrons. The Morgan fingerprint density at radius 3 is 2.43 bits per heavy atom. The van der Waals surface area contributed by atoms with Crippen LogP contribution in [0.25, 0.3) is 0 Å². The summed E-state index contributed by atoms with van der Waals surface area (Å²) < 4.78 is 5.26. The van der Waals surface area contributed by atoms with Crippen molar-refractivity contribution in [3.8, 4) is 0 Å². The van der Waals surface area contributed by atoms with E-state index in [-0.39, 0.29) is 6.61 Å². The number of aliphatic imine (C=N–C) groups is 1. The van der Waals surface area contributed by atoms with Crippen LogP contribution in [0, 0.1) is 6.92 Å². The standard InChI is InChI=1S/C24H21N3O3/c1-16-9-8-14-19-20(16)26-23(28)22(25-21(19)18-12-6-3-7-13-18)27-24(29)30-15-17-10-4-2-5-11-17/h2-14,22H,15H2,1H3,(H,26,28)(H,27,29). The molecule has 1 heterocycles. The van der Waals surface area contributed by atoms with Gasteiger partial charge in [-0.15, -0.1) is 0 Å². The lowest BCUT2D eigenvalue weighted by Crippen LogP contribution is -2.42. The Bertz CT molecular complexity index is 1100. The van der Waals surface area contributed by atoms with Gasteiger partial charge in [0.1, 0.15) is 6.61 Å². The number of rotatable bonds is 4. The minimum absolute atomic E-state index is 0.107. The van der Waals surface area contributed by atoms with E-state index in [0.717, 1.165) is 22.3 Å². The molecular weight excluding hydrogens is 378 g/mol. The van der Waals surface area contributed by atoms with Gasteiger partial charge in [0.25, 0.3) is 5.91 Å². The zero-order valence-corrected chi connectivity index (χ0v) is 16.5. The van der Waals surface area contributed by atoms with Crippen molar-refractivity contribution in [3.63, 3.8) is 0 Å². The molecular formula is C24H21N3O3. The first kappa shape index (κ1) is 19.4. The fourth-order valence-corrected chi connectivity index (χ4v) is 3.28. The molecule has 1 aliphatic heterocycles. The van der Waals surface area contributed by atoms with E-state index in [1.807, 2.05) is 85.8 Å². The Labute approximate surface area is 174 Å². The SMILES string of the molecule is Cc1cccc2c1NC(=O)C(NC(=O)OCc1ccccc1)N=C2c1ccccc1. The van der Waals surface area contributed by atoms with Crippen LogP contribution in [0.2, 0.25) is 0 Å². The summed E-state index contributed by atoms with van der Waals surface area (Å²) >= 11 is 0. The molecule has 1 aliphatic rings. The van der Waals surface area contributed by atoms with Crippen molar-refractivity contribution in [3.05, 3.63) is 101 Å². The number of anilines is 1. The van der Waals surface area contributed by atoms with Gasteiger partial charge >= 0.3 is 6.09 Å². The van der Waals surface area contributed by atoms with Crippen molar-refractivity contribution < 1.29 is 14.3 Å². The van der Waals surface area contributed by atoms with Gasteiger partial charge < -0.3 is 10.1 Å². The molecule has 6 nitrogen and oxygen atoms in total. The fourth-order valence-electron chi connectivity index (χ4n) is 3.28. The van der Waals surface area contributed by atoms with E-state index in [1.165, 1.54) is 0 Å². The Hall–Kier alpha value is -3.93. The molecule has 3 aromatic carbocycles. The maximum Gasteiger partial charge on any atom is 0.409 e. The van der Waals surface area contributed by atoms with Crippen LogP contribution in [-0.4, -0.2) is 23.9 Å². The predicted molar refractivity (Wildman–Crippen MR) is 115 cm³/mol. The molecule has 0 aromatic heterocycles. The first-order valence-electron chi connectivity index (χ1n) is 9.63. The molecule has 0 radical (unpaired) electrons. The van der Waals surface area contributed by atoms with Crippen LogP contribution in [0.5, 0.6) is 0 Å². The number of carbonyl (C=O) groups excluding carboxylic acids is 2. The molecule has 2 amide bonds. The van der Waals surface area contributed by atoms with Crippen LogP contribution in [0.1, 0.15) is 22.3 Å². The van der Waals surface area contributed by atoms with E-state index in [4.69, 9.17) is 4.74 Å². The third kappa shape index (κ3) is 4.22. The van der Waals surface area contributed by atoms with Crippen molar-refractivity contribution in [1.82, 2.24) is 5.32 Å². The first-order valence-corrected chi connectivity index (χ1v) is 9.63. The number of nitrogens with zero attached hydrogens (tertiary/aromatic N) is 1. The Morgan fingerprint density at radius 2 is 1.70 bits per heavy atom. The first-order chi connectivity index (χ1) is 14.6. The second-order valence-electron chi connectivity index (χ2n) is 6.94. The van der Waals surface area contributed by atoms with Gasteiger partial charge in [-0.25, -0.2) is 9.79 Å². The number of hydrogen-bond donors (Lipinski definition) is 2. The number of fused-ring (bicyclic) bond motifs is 1. The van der Waals surface area contributed by atoms with Crippen LogP contribution in [0.15, 0.2) is 83.9 Å². The van der Waals surface area contributed by atoms with E-state index < -0.39 is 18.2 Å². The Morgan fingerprint density at radius 1 is 1.00 bits per heavy atom. The molecule has 0 bridgehead atoms. The smallest absolute Gasteiger partial charge is 0.409 e. The number of alkyl carbamates (subject to hydrolysis) is 1. The summed E-state index contributed by atoms with van der Waals surface area (Å²) in [6.07, 6.45) is -1.83. The highest BCUT2D eigenvalue weighted by atomic mass is 16.5. The van der Waals surface area contributed by atoms with Gasteiger partial charge in [-0.05, 0) is 18.1 Å². The van der Waals surface area contributed by atoms with Crippen LogP contribution in [0.4, 0.5) is 10.5 Å². The minimum Gasteiger partial charge on any atom is -0.445 e. The third-order valence-electron chi connectivity index (χ3n) is 4.80. The lowest BCUT2D eigenvalue weighted by atomic mass is 9.98. The molecule has 2 N–H and O–H groups in total. The van der Waals surface area contributed by atoms with E-state index in [1.54, 1.807) is 0 Å². The average molecular weight is 399 g/mol. The topological polar surface area (TPSA) is 79.8 Å². The van der Waals surface area contributed by atoms with E-state index in [9.17, 15) is 9.59 Å². The molecule has 0 spiro atoms. The normalized spacial score (nSPS) is 15.3. The van der Waals surface area contributed by atoms with Crippen molar-refractivity contribution >= 4 is 23.4 Å². The van der Waals surface area contributed by atoms with Gasteiger partial charge in [-0.1, -0.05) is 78.9 Å². The molecule has 0 fully saturated rings. The number of ether oxygens (including phenoxy) is 1. The second-order valence-corrected chi connectivity index (χ2v) is 6.94. The fraction of sp³-hybridized carbons (Fsp3) is 0.125. The Kier molecular flexibility index (Phi) is 5.57. The van der Waals surface area contributed by atoms with Crippen LogP contribution >= 0.6 is 0 Å². The molecule has 6 heteroatoms. The number of para-hydroxylation sites is 1. The summed E-state index contributed by atoms with van der Waals surface area (Å²) in [6, 6.07) is 24.7. The summed E-state index contributed by atoms with van der Waals surface area (Å²) in [6.45, 7) is 2.03. The zero-order valence-electron chi connectivity index (χ0n) is 16.5. The summed E-state index contributed by atoms with van der Waals surface area (Å²) in [5, 5.41) is 5.47. The largest absolute Gasteiger partial charge is 0.445 e. The molecule has 1 atom stereocenters. The van der Waals surface area contributed by atoms with Crippen LogP contribution < -0.4 is 10.6 Å². The number of aryl methyl sites for hydroxylation is 1. The van der Waals surface area contributed by atoms with E-state index in [2.05, 4.69) is 15.6 Å². The maximum atomic E-state index is 12.8. The number of hydrogen-bond acceptors (Lipinski definition) is 4. The van der Waals surface area contributed by atoms with Gasteiger partial charge in [-0.3, -0.25) is 10.1 Å². The van der Waals surface area contributed by atoms with Gasteiger partial charge in [-0.2, -0.15) is 0 Å². The van der Waals surface area contributed by atoms with Gasteiger partial charge in [0.2, 0.25) is 6.17 Å². The molecule has 3 aromatic rings. The van der Waals surface area contributed by atoms with Crippen molar-refractivity contribution in [2.75, 3.05) is 5.32 Å². The summed E-state index contributed by atoms with van der Waals surface area (Å²) in [7, 11) is 0. The molecule has 4 rings (SSSR count). The average Bonchev–Trinajstić information content (AvgIpc) is 2.91. The molecule has 0 saturated carbocycles. The van der Waals surface area contributed by atoms with Gasteiger partial charge in [0.05, 0.1) is 11.4 Å². The number of amides is 2. The highest BCUT2D eigenvalue weighted by Crippen LogP contribution is 2.27. The third-order valence-corrected chi connectivity index (χ3v) is 4.80. The monoisotopic (exact) mass is 399 g/mol. The van der Waals surface area contributed by atoms with Crippen LogP contribution in [-0.2, 0) is 16.1 Å². The molecule has 0 aliphatic carbocycles. The number of carbonyl (C=O) groups is 2. The van der Waals surface area contributed by atoms with E-state index >= 15 is 0 Å². The van der Waals surface area contributed by atoms with Crippen molar-refractivity contribution in [2.24, 2.45) is 4.99 Å². The van der Waals surface area contributed by atoms with Crippen LogP contribution in [0.3, 0.4) is 0 Å². The minimum atomic E-state index is -1.12. The summed E-state index contributed by atoms with van der Waals surface area (Å²) in [5.41, 5.74) is 4.74. The highest BCUT2D eigenvalue weighted by molar-refractivity contribution is 6.20. The quantitative estimate of drug-likeness (QED) is 0.695. The second kappa shape index (κ2) is 8.61. The van der Waals surface area contributed by atoms with Gasteiger partial charge in [0.15, 0.2) is 0 Å². The number of nitrogens with one attached hydrogen (secondary N) is 2. The zero-order chi connectivity index (χ0) is 20.9. The maximum absolute atomic E-state index is 12.8. The molecule has 30 heavy (non-hydrogen) atoms. The number of benzene rings is 3. The Balaban J connectivity index is 1.61. The van der Waals surface area contributed by atoms with E-state index in [0.29, 0.717) is 11.4 Å². The van der Waals surface area contributed by atoms with Crippen molar-refractivity contribution in [1.29, 1.82) is 0 Å². The van der Waals surface area contributed by atoms with Gasteiger partial charge in [0, 0.05) is 11.1 Å². The lowest BCUT2D eigenvalue weighted by molar-refractivity contribution is -0.117. The summed E-state index contributed by atoms with van der Waals surface area (Å²) in [4.78, 5) is 29.8. The highest BCUT2D eigenvalue weighted by Gasteiger charge is 2.28. The van der Waals surface area contributed by atoms with Crippen molar-refractivity contribution in [2.45, 2.75) is 19.7 Å².